The Morgan fingerprint density at radius 3 is 2.65 bits per heavy atom. The van der Waals surface area contributed by atoms with Gasteiger partial charge in [-0.3, -0.25) is 4.79 Å². The van der Waals surface area contributed by atoms with Gasteiger partial charge in [0, 0.05) is 10.7 Å². The van der Waals surface area contributed by atoms with Crippen molar-refractivity contribution in [3.8, 4) is 0 Å². The molecule has 7 heteroatoms. The number of benzene rings is 1. The van der Waals surface area contributed by atoms with Crippen molar-refractivity contribution in [1.29, 1.82) is 0 Å². The molecule has 102 valence electrons. The zero-order valence-electron chi connectivity index (χ0n) is 9.93. The number of carbonyl (C=O) groups excluding carboxylic acids is 1. The van der Waals surface area contributed by atoms with E-state index in [4.69, 9.17) is 16.7 Å². The van der Waals surface area contributed by atoms with E-state index in [-0.39, 0.29) is 22.0 Å². The van der Waals surface area contributed by atoms with Crippen LogP contribution in [0.2, 0.25) is 5.02 Å². The molecule has 2 rings (SSSR count). The Labute approximate surface area is 127 Å². The summed E-state index contributed by atoms with van der Waals surface area (Å²) in [5.41, 5.74) is 0.144. The number of anilines is 1. The van der Waals surface area contributed by atoms with E-state index in [9.17, 15) is 9.59 Å². The molecular formula is C13H8BrClN2O3. The average Bonchev–Trinajstić information content (AvgIpc) is 2.38. The third-order valence-corrected chi connectivity index (χ3v) is 3.25. The third kappa shape index (κ3) is 3.15. The lowest BCUT2D eigenvalue weighted by Crippen LogP contribution is -2.16. The second-order valence-corrected chi connectivity index (χ2v) is 5.11. The first-order valence-corrected chi connectivity index (χ1v) is 6.61. The first kappa shape index (κ1) is 14.5. The van der Waals surface area contributed by atoms with Crippen LogP contribution in [-0.2, 0) is 0 Å². The zero-order chi connectivity index (χ0) is 14.7. The number of halogens is 2. The molecule has 1 aromatic carbocycles. The van der Waals surface area contributed by atoms with Crippen LogP contribution in [0.1, 0.15) is 20.7 Å². The largest absolute Gasteiger partial charge is 0.478 e. The predicted octanol–water partition coefficient (Wildman–Crippen LogP) is 3.45. The van der Waals surface area contributed by atoms with E-state index >= 15 is 0 Å². The second-order valence-electron chi connectivity index (χ2n) is 3.78. The van der Waals surface area contributed by atoms with Crippen molar-refractivity contribution in [1.82, 2.24) is 4.98 Å². The topological polar surface area (TPSA) is 79.3 Å². The van der Waals surface area contributed by atoms with Crippen LogP contribution in [0.4, 0.5) is 5.82 Å². The maximum atomic E-state index is 12.1. The van der Waals surface area contributed by atoms with Gasteiger partial charge in [-0.2, -0.15) is 0 Å². The number of rotatable bonds is 3. The summed E-state index contributed by atoms with van der Waals surface area (Å²) in [5, 5.41) is 11.7. The number of carboxylic acid groups (broad SMARTS) is 1. The number of amides is 1. The van der Waals surface area contributed by atoms with Crippen molar-refractivity contribution in [2.45, 2.75) is 0 Å². The molecule has 1 heterocycles. The van der Waals surface area contributed by atoms with Gasteiger partial charge in [0.15, 0.2) is 0 Å². The smallest absolute Gasteiger partial charge is 0.339 e. The molecule has 0 aliphatic rings. The van der Waals surface area contributed by atoms with E-state index in [1.807, 2.05) is 0 Å². The molecule has 0 aliphatic heterocycles. The summed E-state index contributed by atoms with van der Waals surface area (Å²) < 4.78 is 0.739. The number of nitrogens with one attached hydrogen (secondary N) is 1. The summed E-state index contributed by atoms with van der Waals surface area (Å²) in [6, 6.07) is 7.61. The van der Waals surface area contributed by atoms with Crippen LogP contribution in [-0.4, -0.2) is 22.0 Å². The molecule has 0 aliphatic carbocycles. The minimum Gasteiger partial charge on any atom is -0.478 e. The summed E-state index contributed by atoms with van der Waals surface area (Å²) in [5.74, 6) is -1.72. The van der Waals surface area contributed by atoms with E-state index in [1.54, 1.807) is 12.1 Å². The Bertz CT molecular complexity index is 691. The summed E-state index contributed by atoms with van der Waals surface area (Å²) in [4.78, 5) is 27.0. The molecule has 0 radical (unpaired) electrons. The summed E-state index contributed by atoms with van der Waals surface area (Å²) >= 11 is 9.20. The van der Waals surface area contributed by atoms with Gasteiger partial charge in [-0.05, 0) is 30.3 Å². The highest BCUT2D eigenvalue weighted by Crippen LogP contribution is 2.22. The van der Waals surface area contributed by atoms with Gasteiger partial charge in [-0.1, -0.05) is 27.5 Å². The minimum atomic E-state index is -1.17. The van der Waals surface area contributed by atoms with Crippen LogP contribution in [0, 0.1) is 0 Å². The highest BCUT2D eigenvalue weighted by Gasteiger charge is 2.16. The molecule has 0 fully saturated rings. The third-order valence-electron chi connectivity index (χ3n) is 2.45. The zero-order valence-corrected chi connectivity index (χ0v) is 12.3. The number of nitrogens with zero attached hydrogens (tertiary/aromatic N) is 1. The molecule has 20 heavy (non-hydrogen) atoms. The number of carboxylic acids is 1. The van der Waals surface area contributed by atoms with Crippen molar-refractivity contribution >= 4 is 45.2 Å². The SMILES string of the molecule is O=C(Nc1ncccc1C(=O)O)c1ccc(Br)cc1Cl. The fourth-order valence-electron chi connectivity index (χ4n) is 1.53. The van der Waals surface area contributed by atoms with Crippen molar-refractivity contribution < 1.29 is 14.7 Å². The lowest BCUT2D eigenvalue weighted by molar-refractivity contribution is 0.0697. The molecule has 0 unspecified atom stereocenters. The van der Waals surface area contributed by atoms with Crippen LogP contribution >= 0.6 is 27.5 Å². The van der Waals surface area contributed by atoms with E-state index in [0.29, 0.717) is 0 Å². The predicted molar refractivity (Wildman–Crippen MR) is 78.3 cm³/mol. The number of hydrogen-bond donors (Lipinski definition) is 2. The fraction of sp³-hybridized carbons (Fsp3) is 0. The van der Waals surface area contributed by atoms with E-state index < -0.39 is 11.9 Å². The van der Waals surface area contributed by atoms with Crippen molar-refractivity contribution in [2.75, 3.05) is 5.32 Å². The number of carbonyl (C=O) groups is 2. The summed E-state index contributed by atoms with van der Waals surface area (Å²) in [7, 11) is 0. The Morgan fingerprint density at radius 1 is 1.25 bits per heavy atom. The lowest BCUT2D eigenvalue weighted by Gasteiger charge is -2.08. The standard InChI is InChI=1S/C13H8BrClN2O3/c14-7-3-4-8(10(15)6-7)12(18)17-11-9(13(19)20)2-1-5-16-11/h1-6H,(H,19,20)(H,16,17,18). The Kier molecular flexibility index (Phi) is 4.36. The lowest BCUT2D eigenvalue weighted by atomic mass is 10.2. The maximum Gasteiger partial charge on any atom is 0.339 e. The second kappa shape index (κ2) is 6.02. The normalized spacial score (nSPS) is 10.1. The van der Waals surface area contributed by atoms with Gasteiger partial charge in [-0.15, -0.1) is 0 Å². The van der Waals surface area contributed by atoms with Crippen LogP contribution in [0.3, 0.4) is 0 Å². The highest BCUT2D eigenvalue weighted by atomic mass is 79.9. The maximum absolute atomic E-state index is 12.1. The van der Waals surface area contributed by atoms with E-state index in [2.05, 4.69) is 26.2 Å². The Hall–Kier alpha value is -1.92. The molecule has 1 amide bonds. The Balaban J connectivity index is 2.30. The van der Waals surface area contributed by atoms with Crippen molar-refractivity contribution in [3.05, 3.63) is 57.2 Å². The number of aromatic carboxylic acids is 1. The molecule has 0 saturated carbocycles. The molecule has 0 bridgehead atoms. The van der Waals surface area contributed by atoms with Gasteiger partial charge >= 0.3 is 5.97 Å². The molecule has 2 N–H and O–H groups in total. The number of aromatic nitrogens is 1. The van der Waals surface area contributed by atoms with Gasteiger partial charge in [0.05, 0.1) is 10.6 Å². The average molecular weight is 356 g/mol. The number of hydrogen-bond acceptors (Lipinski definition) is 3. The molecule has 1 aromatic heterocycles. The minimum absolute atomic E-state index is 0.0241. The van der Waals surface area contributed by atoms with Gasteiger partial charge in [-0.25, -0.2) is 9.78 Å². The first-order chi connectivity index (χ1) is 9.49. The van der Waals surface area contributed by atoms with E-state index in [0.717, 1.165) is 4.47 Å². The monoisotopic (exact) mass is 354 g/mol. The summed E-state index contributed by atoms with van der Waals surface area (Å²) in [6.45, 7) is 0. The fourth-order valence-corrected chi connectivity index (χ4v) is 2.29. The van der Waals surface area contributed by atoms with Crippen LogP contribution in [0.25, 0.3) is 0 Å². The van der Waals surface area contributed by atoms with Gasteiger partial charge in [0.1, 0.15) is 11.4 Å². The van der Waals surface area contributed by atoms with Crippen molar-refractivity contribution in [3.63, 3.8) is 0 Å². The molecule has 0 atom stereocenters. The Morgan fingerprint density at radius 2 is 2.00 bits per heavy atom. The number of pyridine rings is 1. The quantitative estimate of drug-likeness (QED) is 0.884. The first-order valence-electron chi connectivity index (χ1n) is 5.44. The molecule has 0 saturated heterocycles. The van der Waals surface area contributed by atoms with Crippen LogP contribution < -0.4 is 5.32 Å². The highest BCUT2D eigenvalue weighted by molar-refractivity contribution is 9.10. The van der Waals surface area contributed by atoms with Gasteiger partial charge < -0.3 is 10.4 Å². The van der Waals surface area contributed by atoms with Crippen molar-refractivity contribution in [2.24, 2.45) is 0 Å². The molecule has 5 nitrogen and oxygen atoms in total. The molecular weight excluding hydrogens is 348 g/mol. The molecule has 0 spiro atoms. The van der Waals surface area contributed by atoms with Crippen LogP contribution in [0.15, 0.2) is 41.0 Å². The van der Waals surface area contributed by atoms with Gasteiger partial charge in [0.25, 0.3) is 5.91 Å². The molecule has 2 aromatic rings. The summed E-state index contributed by atoms with van der Waals surface area (Å²) in [6.07, 6.45) is 1.39. The van der Waals surface area contributed by atoms with Gasteiger partial charge in [0.2, 0.25) is 0 Å². The van der Waals surface area contributed by atoms with Crippen LogP contribution in [0.5, 0.6) is 0 Å². The van der Waals surface area contributed by atoms with E-state index in [1.165, 1.54) is 24.4 Å².